The summed E-state index contributed by atoms with van der Waals surface area (Å²) >= 11 is 3.50. The Morgan fingerprint density at radius 2 is 2.00 bits per heavy atom. The van der Waals surface area contributed by atoms with Gasteiger partial charge >= 0.3 is 0 Å². The second-order valence-corrected chi connectivity index (χ2v) is 8.07. The van der Waals surface area contributed by atoms with Crippen LogP contribution in [-0.2, 0) is 5.41 Å². The van der Waals surface area contributed by atoms with E-state index in [-0.39, 0.29) is 17.8 Å². The molecule has 4 nitrogen and oxygen atoms in total. The molecule has 0 saturated heterocycles. The zero-order chi connectivity index (χ0) is 18.5. The fourth-order valence-corrected chi connectivity index (χ4v) is 4.09. The van der Waals surface area contributed by atoms with Crippen molar-refractivity contribution < 1.29 is 14.6 Å². The van der Waals surface area contributed by atoms with Crippen LogP contribution in [0.2, 0.25) is 0 Å². The van der Waals surface area contributed by atoms with Gasteiger partial charge in [-0.25, -0.2) is 0 Å². The molecule has 0 aliphatic heterocycles. The summed E-state index contributed by atoms with van der Waals surface area (Å²) in [5.41, 5.74) is 4.00. The van der Waals surface area contributed by atoms with Crippen LogP contribution in [0.15, 0.2) is 40.9 Å². The van der Waals surface area contributed by atoms with Gasteiger partial charge < -0.3 is 14.8 Å². The molecule has 1 aliphatic rings. The average molecular weight is 414 g/mol. The van der Waals surface area contributed by atoms with E-state index >= 15 is 0 Å². The maximum absolute atomic E-state index is 13.2. The Morgan fingerprint density at radius 1 is 1.19 bits per heavy atom. The van der Waals surface area contributed by atoms with Gasteiger partial charge in [-0.3, -0.25) is 4.79 Å². The number of hydrogen-bond donors (Lipinski definition) is 2. The molecular weight excluding hydrogens is 394 g/mol. The molecule has 134 valence electrons. The van der Waals surface area contributed by atoms with Crippen LogP contribution in [0.25, 0.3) is 10.9 Å². The number of benzene rings is 2. The van der Waals surface area contributed by atoms with Gasteiger partial charge in [0.2, 0.25) is 0 Å². The second kappa shape index (κ2) is 6.25. The van der Waals surface area contributed by atoms with E-state index in [4.69, 9.17) is 9.84 Å². The Bertz CT molecular complexity index is 1020. The number of rotatable bonds is 4. The topological polar surface area (TPSA) is 62.3 Å². The molecule has 3 aromatic rings. The quantitative estimate of drug-likeness (QED) is 0.616. The number of ether oxygens (including phenoxy) is 1. The van der Waals surface area contributed by atoms with Gasteiger partial charge in [0.15, 0.2) is 5.78 Å². The van der Waals surface area contributed by atoms with E-state index in [1.165, 1.54) is 0 Å². The normalized spacial score (nSPS) is 15.0. The van der Waals surface area contributed by atoms with E-state index in [1.54, 1.807) is 0 Å². The van der Waals surface area contributed by atoms with Crippen molar-refractivity contribution in [1.82, 2.24) is 4.98 Å². The second-order valence-electron chi connectivity index (χ2n) is 7.15. The summed E-state index contributed by atoms with van der Waals surface area (Å²) in [6.07, 6.45) is 0.584. The van der Waals surface area contributed by atoms with Crippen LogP contribution in [0.4, 0.5) is 0 Å². The van der Waals surface area contributed by atoms with E-state index in [9.17, 15) is 4.79 Å². The van der Waals surface area contributed by atoms with Crippen molar-refractivity contribution in [2.45, 2.75) is 25.7 Å². The lowest BCUT2D eigenvalue weighted by molar-refractivity contribution is 0.103. The number of ketones is 1. The van der Waals surface area contributed by atoms with E-state index in [1.807, 2.05) is 36.4 Å². The first kappa shape index (κ1) is 17.3. The third kappa shape index (κ3) is 2.58. The molecule has 0 spiro atoms. The number of aromatic nitrogens is 1. The highest BCUT2D eigenvalue weighted by molar-refractivity contribution is 9.10. The number of carbonyl (C=O) groups is 1. The Balaban J connectivity index is 1.86. The Kier molecular flexibility index (Phi) is 4.16. The maximum atomic E-state index is 13.2. The lowest BCUT2D eigenvalue weighted by atomic mass is 9.71. The summed E-state index contributed by atoms with van der Waals surface area (Å²) in [5, 5.41) is 9.87. The van der Waals surface area contributed by atoms with Crippen LogP contribution in [0, 0.1) is 0 Å². The summed E-state index contributed by atoms with van der Waals surface area (Å²) in [4.78, 5) is 16.7. The molecule has 0 saturated carbocycles. The molecule has 5 heteroatoms. The highest BCUT2D eigenvalue weighted by atomic mass is 79.9. The zero-order valence-corrected chi connectivity index (χ0v) is 16.3. The highest BCUT2D eigenvalue weighted by Gasteiger charge is 2.39. The van der Waals surface area contributed by atoms with Gasteiger partial charge in [-0.05, 0) is 35.9 Å². The molecular formula is C21H20BrNO3. The molecule has 26 heavy (non-hydrogen) atoms. The van der Waals surface area contributed by atoms with Crippen molar-refractivity contribution in [2.24, 2.45) is 0 Å². The number of carbonyl (C=O) groups excluding carboxylic acids is 1. The Hall–Kier alpha value is -2.11. The largest absolute Gasteiger partial charge is 0.493 e. The zero-order valence-electron chi connectivity index (χ0n) is 14.7. The Morgan fingerprint density at radius 3 is 2.77 bits per heavy atom. The van der Waals surface area contributed by atoms with E-state index in [0.29, 0.717) is 13.0 Å². The SMILES string of the molecule is CC1(C)c2cc(OCCCO)ccc2C(=O)c2c1[nH]c1cc(Br)ccc21. The lowest BCUT2D eigenvalue weighted by Crippen LogP contribution is -2.30. The first-order valence-corrected chi connectivity index (χ1v) is 9.47. The smallest absolute Gasteiger partial charge is 0.195 e. The number of nitrogens with one attached hydrogen (secondary N) is 1. The first-order valence-electron chi connectivity index (χ1n) is 8.68. The van der Waals surface area contributed by atoms with Crippen LogP contribution in [0.1, 0.15) is 47.4 Å². The molecule has 0 atom stereocenters. The van der Waals surface area contributed by atoms with Crippen LogP contribution in [0.5, 0.6) is 5.75 Å². The maximum Gasteiger partial charge on any atom is 0.195 e. The van der Waals surface area contributed by atoms with Crippen molar-refractivity contribution in [3.05, 3.63) is 63.3 Å². The van der Waals surface area contributed by atoms with Gasteiger partial charge in [-0.2, -0.15) is 0 Å². The molecule has 0 amide bonds. The molecule has 1 heterocycles. The number of aliphatic hydroxyl groups excluding tert-OH is 1. The third-order valence-corrected chi connectivity index (χ3v) is 5.59. The molecule has 0 fully saturated rings. The first-order chi connectivity index (χ1) is 12.4. The fraction of sp³-hybridized carbons (Fsp3) is 0.286. The summed E-state index contributed by atoms with van der Waals surface area (Å²) < 4.78 is 6.69. The number of hydrogen-bond acceptors (Lipinski definition) is 3. The summed E-state index contributed by atoms with van der Waals surface area (Å²) in [7, 11) is 0. The molecule has 0 unspecified atom stereocenters. The standard InChI is InChI=1S/C21H20BrNO3/c1-21(2)16-11-13(26-9-3-8-24)5-7-14(16)19(25)18-15-6-4-12(22)10-17(15)23-20(18)21/h4-7,10-11,23-24H,3,8-9H2,1-2H3. The molecule has 2 aromatic carbocycles. The molecule has 0 radical (unpaired) electrons. The third-order valence-electron chi connectivity index (χ3n) is 5.09. The number of H-pyrrole nitrogens is 1. The fourth-order valence-electron chi connectivity index (χ4n) is 3.73. The van der Waals surface area contributed by atoms with Gasteiger partial charge in [-0.1, -0.05) is 35.8 Å². The average Bonchev–Trinajstić information content (AvgIpc) is 3.00. The minimum Gasteiger partial charge on any atom is -0.493 e. The molecule has 1 aliphatic carbocycles. The van der Waals surface area contributed by atoms with E-state index in [0.717, 1.165) is 43.5 Å². The number of aromatic amines is 1. The number of halogens is 1. The van der Waals surface area contributed by atoms with Gasteiger partial charge in [0.25, 0.3) is 0 Å². The van der Waals surface area contributed by atoms with Gasteiger partial charge in [0.05, 0.1) is 12.2 Å². The van der Waals surface area contributed by atoms with Crippen molar-refractivity contribution in [1.29, 1.82) is 0 Å². The number of aliphatic hydroxyl groups is 1. The van der Waals surface area contributed by atoms with Crippen molar-refractivity contribution >= 4 is 32.6 Å². The van der Waals surface area contributed by atoms with Crippen LogP contribution in [0.3, 0.4) is 0 Å². The molecule has 2 N–H and O–H groups in total. The summed E-state index contributed by atoms with van der Waals surface area (Å²) in [5.74, 6) is 0.769. The minimum absolute atomic E-state index is 0.0461. The molecule has 4 rings (SSSR count). The number of fused-ring (bicyclic) bond motifs is 4. The summed E-state index contributed by atoms with van der Waals surface area (Å²) in [6.45, 7) is 4.80. The van der Waals surface area contributed by atoms with Crippen LogP contribution in [-0.4, -0.2) is 29.1 Å². The van der Waals surface area contributed by atoms with Crippen LogP contribution >= 0.6 is 15.9 Å². The van der Waals surface area contributed by atoms with Gasteiger partial charge in [0.1, 0.15) is 5.75 Å². The predicted molar refractivity (Wildman–Crippen MR) is 105 cm³/mol. The van der Waals surface area contributed by atoms with E-state index in [2.05, 4.69) is 34.8 Å². The summed E-state index contributed by atoms with van der Waals surface area (Å²) in [6, 6.07) is 11.6. The van der Waals surface area contributed by atoms with Gasteiger partial charge in [-0.15, -0.1) is 0 Å². The molecule has 1 aromatic heterocycles. The van der Waals surface area contributed by atoms with Crippen molar-refractivity contribution in [2.75, 3.05) is 13.2 Å². The Labute approximate surface area is 160 Å². The van der Waals surface area contributed by atoms with Crippen molar-refractivity contribution in [3.63, 3.8) is 0 Å². The predicted octanol–water partition coefficient (Wildman–Crippen LogP) is 4.56. The molecule has 0 bridgehead atoms. The van der Waals surface area contributed by atoms with Gasteiger partial charge in [0, 0.05) is 45.1 Å². The lowest BCUT2D eigenvalue weighted by Gasteiger charge is -2.32. The van der Waals surface area contributed by atoms with Crippen LogP contribution < -0.4 is 4.74 Å². The van der Waals surface area contributed by atoms with Crippen molar-refractivity contribution in [3.8, 4) is 5.75 Å². The monoisotopic (exact) mass is 413 g/mol. The van der Waals surface area contributed by atoms with E-state index < -0.39 is 0 Å². The minimum atomic E-state index is -0.347. The highest BCUT2D eigenvalue weighted by Crippen LogP contribution is 2.44.